The van der Waals surface area contributed by atoms with Crippen LogP contribution in [0.1, 0.15) is 52.8 Å². The van der Waals surface area contributed by atoms with Gasteiger partial charge in [-0.1, -0.05) is 135 Å². The smallest absolute Gasteiger partial charge is 0.151 e. The highest BCUT2D eigenvalue weighted by atomic mass is 16.5. The van der Waals surface area contributed by atoms with E-state index in [1.54, 1.807) is 0 Å². The summed E-state index contributed by atoms with van der Waals surface area (Å²) in [5, 5.41) is 2.55. The number of fused-ring (bicyclic) bond motifs is 8. The van der Waals surface area contributed by atoms with Gasteiger partial charge in [0.15, 0.2) is 11.5 Å². The predicted molar refractivity (Wildman–Crippen MR) is 238 cm³/mol. The molecule has 274 valence electrons. The van der Waals surface area contributed by atoms with E-state index in [4.69, 9.17) is 4.74 Å². The third kappa shape index (κ3) is 5.26. The van der Waals surface area contributed by atoms with Crippen molar-refractivity contribution in [3.63, 3.8) is 0 Å². The van der Waals surface area contributed by atoms with Gasteiger partial charge in [0.05, 0.1) is 17.1 Å². The van der Waals surface area contributed by atoms with Gasteiger partial charge in [0.25, 0.3) is 0 Å². The summed E-state index contributed by atoms with van der Waals surface area (Å²) in [7, 11) is 0. The molecule has 0 saturated heterocycles. The third-order valence-electron chi connectivity index (χ3n) is 12.5. The van der Waals surface area contributed by atoms with Crippen molar-refractivity contribution in [2.24, 2.45) is 0 Å². The average Bonchev–Trinajstić information content (AvgIpc) is 3.35. The van der Waals surface area contributed by atoms with Gasteiger partial charge in [0.2, 0.25) is 0 Å². The van der Waals surface area contributed by atoms with Crippen molar-refractivity contribution in [3.05, 3.63) is 203 Å². The van der Waals surface area contributed by atoms with Crippen molar-refractivity contribution in [3.8, 4) is 22.6 Å². The van der Waals surface area contributed by atoms with Gasteiger partial charge in [-0.2, -0.15) is 0 Å². The lowest BCUT2D eigenvalue weighted by atomic mass is 9.81. The molecule has 11 rings (SSSR count). The second-order valence-electron chi connectivity index (χ2n) is 16.1. The Kier molecular flexibility index (Phi) is 7.56. The van der Waals surface area contributed by atoms with E-state index in [0.29, 0.717) is 0 Å². The van der Waals surface area contributed by atoms with Crippen molar-refractivity contribution in [2.75, 3.05) is 9.80 Å². The molecule has 2 aliphatic heterocycles. The number of benzene rings is 8. The molecule has 1 aliphatic carbocycles. The van der Waals surface area contributed by atoms with Gasteiger partial charge in [-0.3, -0.25) is 0 Å². The second kappa shape index (κ2) is 12.9. The standard InChI is InChI=1S/C54H42N2O/c1-35-23-26-37(41-15-12-20-50(53(35)41)56-46-16-6-4-13-38(46)28-29-39-14-5-7-17-47(39)56)27-24-36-25-31-42-43-32-30-40(34-45(43)54(2,3)44(42)33-36)55-48-18-8-10-21-51(48)57-52-22-11-9-19-49(52)55/h4-27,30-34H,28-29H2,1-3H3. The number of rotatable bonds is 4. The molecular formula is C54H42N2O. The summed E-state index contributed by atoms with van der Waals surface area (Å²) in [6.07, 6.45) is 6.65. The molecule has 3 heteroatoms. The quantitative estimate of drug-likeness (QED) is 0.167. The minimum absolute atomic E-state index is 0.180. The molecule has 0 atom stereocenters. The number of hydrogen-bond acceptors (Lipinski definition) is 3. The Morgan fingerprint density at radius 3 is 1.77 bits per heavy atom. The number of para-hydroxylation sites is 6. The highest BCUT2D eigenvalue weighted by Gasteiger charge is 2.37. The van der Waals surface area contributed by atoms with Crippen LogP contribution in [0.2, 0.25) is 0 Å². The highest BCUT2D eigenvalue weighted by molar-refractivity contribution is 6.05. The van der Waals surface area contributed by atoms with Gasteiger partial charge in [-0.05, 0) is 130 Å². The zero-order chi connectivity index (χ0) is 38.3. The molecule has 0 spiro atoms. The molecule has 2 heterocycles. The number of anilines is 6. The molecule has 0 saturated carbocycles. The van der Waals surface area contributed by atoms with Gasteiger partial charge < -0.3 is 14.5 Å². The number of hydrogen-bond donors (Lipinski definition) is 0. The summed E-state index contributed by atoms with van der Waals surface area (Å²) in [6, 6.07) is 59.8. The topological polar surface area (TPSA) is 15.7 Å². The summed E-state index contributed by atoms with van der Waals surface area (Å²) in [5.41, 5.74) is 18.6. The molecule has 57 heavy (non-hydrogen) atoms. The second-order valence-corrected chi connectivity index (χ2v) is 16.1. The molecule has 8 aromatic rings. The van der Waals surface area contributed by atoms with Crippen LogP contribution in [-0.4, -0.2) is 0 Å². The maximum atomic E-state index is 6.32. The van der Waals surface area contributed by atoms with Crippen molar-refractivity contribution in [1.29, 1.82) is 0 Å². The van der Waals surface area contributed by atoms with E-state index < -0.39 is 0 Å². The molecule has 0 fully saturated rings. The highest BCUT2D eigenvalue weighted by Crippen LogP contribution is 2.54. The largest absolute Gasteiger partial charge is 0.453 e. The van der Waals surface area contributed by atoms with Crippen LogP contribution in [0.15, 0.2) is 164 Å². The van der Waals surface area contributed by atoms with E-state index in [1.165, 1.54) is 77.9 Å². The first-order valence-corrected chi connectivity index (χ1v) is 20.1. The normalized spacial score (nSPS) is 14.6. The van der Waals surface area contributed by atoms with Gasteiger partial charge >= 0.3 is 0 Å². The summed E-state index contributed by atoms with van der Waals surface area (Å²) in [5.74, 6) is 1.73. The van der Waals surface area contributed by atoms with Crippen molar-refractivity contribution in [1.82, 2.24) is 0 Å². The molecule has 0 N–H and O–H groups in total. The van der Waals surface area contributed by atoms with Gasteiger partial charge in [-0.15, -0.1) is 0 Å². The fourth-order valence-corrected chi connectivity index (χ4v) is 9.61. The number of ether oxygens (including phenoxy) is 1. The van der Waals surface area contributed by atoms with Gasteiger partial charge in [-0.25, -0.2) is 0 Å². The maximum Gasteiger partial charge on any atom is 0.151 e. The molecule has 0 amide bonds. The van der Waals surface area contributed by atoms with Crippen LogP contribution in [-0.2, 0) is 18.3 Å². The number of aryl methyl sites for hydroxylation is 3. The lowest BCUT2D eigenvalue weighted by Crippen LogP contribution is -2.18. The molecule has 3 aliphatic rings. The number of nitrogens with zero attached hydrogens (tertiary/aromatic N) is 2. The van der Waals surface area contributed by atoms with Crippen molar-refractivity contribution >= 4 is 57.0 Å². The Hall–Kier alpha value is -6.84. The molecule has 8 aromatic carbocycles. The first-order valence-electron chi connectivity index (χ1n) is 20.1. The lowest BCUT2D eigenvalue weighted by Gasteiger charge is -2.33. The Labute approximate surface area is 334 Å². The SMILES string of the molecule is Cc1ccc(C=Cc2ccc3c(c2)C(C)(C)c2cc(N4c5ccccc5Oc5ccccc54)ccc2-3)c2cccc(N3c4ccccc4CCc4ccccc43)c12. The molecular weight excluding hydrogens is 693 g/mol. The van der Waals surface area contributed by atoms with Gasteiger partial charge in [0, 0.05) is 27.9 Å². The fraction of sp³-hybridized carbons (Fsp3) is 0.111. The summed E-state index contributed by atoms with van der Waals surface area (Å²) in [4.78, 5) is 4.84. The van der Waals surface area contributed by atoms with E-state index in [-0.39, 0.29) is 5.41 Å². The lowest BCUT2D eigenvalue weighted by molar-refractivity contribution is 0.477. The Morgan fingerprint density at radius 1 is 0.509 bits per heavy atom. The van der Waals surface area contributed by atoms with Crippen LogP contribution in [0.3, 0.4) is 0 Å². The maximum absolute atomic E-state index is 6.32. The van der Waals surface area contributed by atoms with Crippen molar-refractivity contribution in [2.45, 2.75) is 39.0 Å². The van der Waals surface area contributed by atoms with Crippen LogP contribution in [0.25, 0.3) is 34.1 Å². The van der Waals surface area contributed by atoms with E-state index in [2.05, 4.69) is 182 Å². The first kappa shape index (κ1) is 33.5. The van der Waals surface area contributed by atoms with Crippen molar-refractivity contribution < 1.29 is 4.74 Å². The zero-order valence-corrected chi connectivity index (χ0v) is 32.5. The van der Waals surface area contributed by atoms with Gasteiger partial charge in [0.1, 0.15) is 0 Å². The molecule has 0 radical (unpaired) electrons. The fourth-order valence-electron chi connectivity index (χ4n) is 9.61. The molecule has 3 nitrogen and oxygen atoms in total. The first-order chi connectivity index (χ1) is 27.9. The Balaban J connectivity index is 0.963. The molecule has 0 aromatic heterocycles. The molecule has 0 bridgehead atoms. The van der Waals surface area contributed by atoms with E-state index in [9.17, 15) is 0 Å². The van der Waals surface area contributed by atoms with Crippen LogP contribution in [0.4, 0.5) is 34.1 Å². The monoisotopic (exact) mass is 734 g/mol. The average molecular weight is 735 g/mol. The minimum atomic E-state index is -0.180. The van der Waals surface area contributed by atoms with Crippen LogP contribution >= 0.6 is 0 Å². The van der Waals surface area contributed by atoms with E-state index in [1.807, 2.05) is 24.3 Å². The van der Waals surface area contributed by atoms with E-state index in [0.717, 1.165) is 41.4 Å². The van der Waals surface area contributed by atoms with E-state index >= 15 is 0 Å². The Morgan fingerprint density at radius 2 is 1.09 bits per heavy atom. The third-order valence-corrected chi connectivity index (χ3v) is 12.5. The summed E-state index contributed by atoms with van der Waals surface area (Å²) < 4.78 is 6.32. The summed E-state index contributed by atoms with van der Waals surface area (Å²) in [6.45, 7) is 6.98. The molecule has 0 unspecified atom stereocenters. The van der Waals surface area contributed by atoms with Crippen LogP contribution in [0, 0.1) is 6.92 Å². The van der Waals surface area contributed by atoms with Crippen LogP contribution < -0.4 is 14.5 Å². The summed E-state index contributed by atoms with van der Waals surface area (Å²) >= 11 is 0. The van der Waals surface area contributed by atoms with Crippen LogP contribution in [0.5, 0.6) is 11.5 Å². The predicted octanol–water partition coefficient (Wildman–Crippen LogP) is 14.8. The minimum Gasteiger partial charge on any atom is -0.453 e. The zero-order valence-electron chi connectivity index (χ0n) is 32.5. The Bertz CT molecular complexity index is 2860.